The van der Waals surface area contributed by atoms with E-state index in [0.29, 0.717) is 18.1 Å². The van der Waals surface area contributed by atoms with Crippen LogP contribution in [0.2, 0.25) is 0 Å². The molecule has 4 nitrogen and oxygen atoms in total. The molecule has 4 heteroatoms. The Morgan fingerprint density at radius 3 is 2.44 bits per heavy atom. The molecule has 0 N–H and O–H groups in total. The van der Waals surface area contributed by atoms with Crippen molar-refractivity contribution in [3.05, 3.63) is 65.2 Å². The fourth-order valence-corrected chi connectivity index (χ4v) is 2.86. The molecule has 0 fully saturated rings. The van der Waals surface area contributed by atoms with Crippen LogP contribution in [0, 0.1) is 6.92 Å². The Bertz CT molecular complexity index is 785. The molecule has 130 valence electrons. The van der Waals surface area contributed by atoms with Crippen LogP contribution in [0.5, 0.6) is 0 Å². The van der Waals surface area contributed by atoms with Gasteiger partial charge in [0.25, 0.3) is 5.89 Å². The van der Waals surface area contributed by atoms with Crippen LogP contribution < -0.4 is 0 Å². The van der Waals surface area contributed by atoms with Gasteiger partial charge < -0.3 is 13.6 Å². The molecule has 2 heterocycles. The van der Waals surface area contributed by atoms with E-state index in [2.05, 4.69) is 29.2 Å². The van der Waals surface area contributed by atoms with E-state index in [1.54, 1.807) is 6.26 Å². The molecule has 0 aliphatic heterocycles. The Balaban J connectivity index is 1.54. The lowest BCUT2D eigenvalue weighted by Gasteiger charge is -2.03. The van der Waals surface area contributed by atoms with E-state index in [9.17, 15) is 4.79 Å². The Morgan fingerprint density at radius 2 is 1.76 bits per heavy atom. The van der Waals surface area contributed by atoms with E-state index >= 15 is 0 Å². The van der Waals surface area contributed by atoms with E-state index in [1.165, 1.54) is 11.1 Å². The number of furan rings is 1. The maximum atomic E-state index is 10.3. The Morgan fingerprint density at radius 1 is 1.00 bits per heavy atom. The number of nitrogens with zero attached hydrogens (tertiary/aromatic N) is 1. The summed E-state index contributed by atoms with van der Waals surface area (Å²) in [5.41, 5.74) is 3.59. The highest BCUT2D eigenvalue weighted by Crippen LogP contribution is 2.23. The van der Waals surface area contributed by atoms with Crippen LogP contribution in [-0.2, 0) is 24.1 Å². The molecular formula is C21H23NO3. The predicted octanol–water partition coefficient (Wildman–Crippen LogP) is 4.94. The lowest BCUT2D eigenvalue weighted by molar-refractivity contribution is -0.107. The summed E-state index contributed by atoms with van der Waals surface area (Å²) in [6.45, 7) is 1.94. The van der Waals surface area contributed by atoms with Gasteiger partial charge >= 0.3 is 0 Å². The molecule has 0 saturated carbocycles. The summed E-state index contributed by atoms with van der Waals surface area (Å²) < 4.78 is 11.0. The third-order valence-corrected chi connectivity index (χ3v) is 4.34. The van der Waals surface area contributed by atoms with Crippen molar-refractivity contribution < 1.29 is 13.6 Å². The molecule has 1 aromatic carbocycles. The zero-order chi connectivity index (χ0) is 17.5. The van der Waals surface area contributed by atoms with Crippen molar-refractivity contribution in [3.63, 3.8) is 0 Å². The molecule has 0 atom stereocenters. The van der Waals surface area contributed by atoms with Crippen LogP contribution in [0.3, 0.4) is 0 Å². The van der Waals surface area contributed by atoms with Gasteiger partial charge in [-0.05, 0) is 62.3 Å². The predicted molar refractivity (Wildman–Crippen MR) is 96.4 cm³/mol. The summed E-state index contributed by atoms with van der Waals surface area (Å²) in [5.74, 6) is 2.05. The van der Waals surface area contributed by atoms with E-state index in [-0.39, 0.29) is 0 Å². The second kappa shape index (κ2) is 8.47. The van der Waals surface area contributed by atoms with Crippen LogP contribution in [0.1, 0.15) is 41.8 Å². The minimum absolute atomic E-state index is 0.545. The number of oxazole rings is 1. The van der Waals surface area contributed by atoms with Crippen molar-refractivity contribution in [2.45, 2.75) is 45.4 Å². The van der Waals surface area contributed by atoms with Gasteiger partial charge in [-0.2, -0.15) is 0 Å². The number of hydrogen-bond acceptors (Lipinski definition) is 4. The monoisotopic (exact) mass is 337 g/mol. The molecule has 0 amide bonds. The van der Waals surface area contributed by atoms with Gasteiger partial charge in [-0.3, -0.25) is 0 Å². The van der Waals surface area contributed by atoms with Crippen molar-refractivity contribution in [2.75, 3.05) is 0 Å². The van der Waals surface area contributed by atoms with E-state index in [1.807, 2.05) is 19.1 Å². The minimum Gasteiger partial charge on any atom is -0.459 e. The number of benzene rings is 1. The third kappa shape index (κ3) is 4.69. The molecule has 25 heavy (non-hydrogen) atoms. The molecule has 0 bridgehead atoms. The molecule has 0 radical (unpaired) electrons. The van der Waals surface area contributed by atoms with Gasteiger partial charge in [-0.15, -0.1) is 0 Å². The summed E-state index contributed by atoms with van der Waals surface area (Å²) in [4.78, 5) is 14.9. The zero-order valence-corrected chi connectivity index (χ0v) is 14.5. The zero-order valence-electron chi connectivity index (χ0n) is 14.5. The van der Waals surface area contributed by atoms with Crippen LogP contribution in [-0.4, -0.2) is 11.3 Å². The average Bonchev–Trinajstić information content (AvgIpc) is 3.28. The van der Waals surface area contributed by atoms with E-state index in [4.69, 9.17) is 8.83 Å². The summed E-state index contributed by atoms with van der Waals surface area (Å²) in [7, 11) is 0. The molecule has 2 aromatic heterocycles. The van der Waals surface area contributed by atoms with Gasteiger partial charge in [0.15, 0.2) is 5.76 Å². The van der Waals surface area contributed by atoms with Gasteiger partial charge in [-0.1, -0.05) is 24.3 Å². The number of carbonyl (C=O) groups is 1. The highest BCUT2D eigenvalue weighted by molar-refractivity contribution is 5.49. The molecule has 3 aromatic rings. The minimum atomic E-state index is 0.545. The standard InChI is InChI=1S/C21H23NO3/c1-16-19(22-21(25-16)20-7-5-15-24-20)13-12-18-10-8-17(9-11-18)6-3-2-4-14-23/h5,7-11,14-15H,2-4,6,12-13H2,1H3. The molecule has 0 aliphatic carbocycles. The highest BCUT2D eigenvalue weighted by atomic mass is 16.4. The number of aldehydes is 1. The summed E-state index contributed by atoms with van der Waals surface area (Å²) in [6, 6.07) is 12.4. The Hall–Kier alpha value is -2.62. The summed E-state index contributed by atoms with van der Waals surface area (Å²) in [6.07, 6.45) is 8.10. The third-order valence-electron chi connectivity index (χ3n) is 4.34. The largest absolute Gasteiger partial charge is 0.459 e. The van der Waals surface area contributed by atoms with Gasteiger partial charge in [0, 0.05) is 6.42 Å². The van der Waals surface area contributed by atoms with Gasteiger partial charge in [0.1, 0.15) is 12.0 Å². The van der Waals surface area contributed by atoms with E-state index in [0.717, 1.165) is 49.8 Å². The summed E-state index contributed by atoms with van der Waals surface area (Å²) in [5, 5.41) is 0. The van der Waals surface area contributed by atoms with Gasteiger partial charge in [0.05, 0.1) is 12.0 Å². The quantitative estimate of drug-likeness (QED) is 0.410. The number of aryl methyl sites for hydroxylation is 4. The maximum Gasteiger partial charge on any atom is 0.263 e. The molecule has 0 unspecified atom stereocenters. The van der Waals surface area contributed by atoms with Crippen LogP contribution in [0.4, 0.5) is 0 Å². The number of unbranched alkanes of at least 4 members (excludes halogenated alkanes) is 2. The molecule has 0 aliphatic rings. The Labute approximate surface area is 147 Å². The fourth-order valence-electron chi connectivity index (χ4n) is 2.86. The smallest absolute Gasteiger partial charge is 0.263 e. The second-order valence-corrected chi connectivity index (χ2v) is 6.23. The van der Waals surface area contributed by atoms with Crippen molar-refractivity contribution >= 4 is 6.29 Å². The van der Waals surface area contributed by atoms with Gasteiger partial charge in [-0.25, -0.2) is 4.98 Å². The normalized spacial score (nSPS) is 10.9. The first-order valence-corrected chi connectivity index (χ1v) is 8.78. The van der Waals surface area contributed by atoms with Crippen molar-refractivity contribution in [3.8, 4) is 11.7 Å². The number of carbonyl (C=O) groups excluding carboxylic acids is 1. The molecule has 0 spiro atoms. The van der Waals surface area contributed by atoms with Crippen LogP contribution >= 0.6 is 0 Å². The topological polar surface area (TPSA) is 56.2 Å². The molecule has 3 rings (SSSR count). The molecule has 0 saturated heterocycles. The van der Waals surface area contributed by atoms with Gasteiger partial charge in [0.2, 0.25) is 0 Å². The van der Waals surface area contributed by atoms with Crippen LogP contribution in [0.25, 0.3) is 11.7 Å². The fraction of sp³-hybridized carbons (Fsp3) is 0.333. The number of rotatable bonds is 9. The maximum absolute atomic E-state index is 10.3. The number of aromatic nitrogens is 1. The van der Waals surface area contributed by atoms with Crippen LogP contribution in [0.15, 0.2) is 51.5 Å². The molecular weight excluding hydrogens is 314 g/mol. The summed E-state index contributed by atoms with van der Waals surface area (Å²) >= 11 is 0. The first kappa shape index (κ1) is 17.2. The highest BCUT2D eigenvalue weighted by Gasteiger charge is 2.13. The van der Waals surface area contributed by atoms with Crippen molar-refractivity contribution in [2.24, 2.45) is 0 Å². The Kier molecular flexibility index (Phi) is 5.83. The number of hydrogen-bond donors (Lipinski definition) is 0. The average molecular weight is 337 g/mol. The van der Waals surface area contributed by atoms with Crippen molar-refractivity contribution in [1.82, 2.24) is 4.98 Å². The first-order valence-electron chi connectivity index (χ1n) is 8.78. The van der Waals surface area contributed by atoms with E-state index < -0.39 is 0 Å². The SMILES string of the molecule is Cc1oc(-c2ccco2)nc1CCc1ccc(CCCCC=O)cc1. The van der Waals surface area contributed by atoms with Crippen molar-refractivity contribution in [1.29, 1.82) is 0 Å². The lowest BCUT2D eigenvalue weighted by Crippen LogP contribution is -1.94. The second-order valence-electron chi connectivity index (χ2n) is 6.23. The first-order chi connectivity index (χ1) is 12.3. The lowest BCUT2D eigenvalue weighted by atomic mass is 10.0.